The number of hydrogen-bond acceptors (Lipinski definition) is 6. The molecule has 0 unspecified atom stereocenters. The third kappa shape index (κ3) is 3.93. The number of carbonyl (C=O) groups excluding carboxylic acids is 1. The Labute approximate surface area is 192 Å². The highest BCUT2D eigenvalue weighted by atomic mass is 35.5. The Morgan fingerprint density at radius 1 is 1.22 bits per heavy atom. The fourth-order valence-electron chi connectivity index (χ4n) is 4.57. The Balaban J connectivity index is 1.79. The van der Waals surface area contributed by atoms with Crippen LogP contribution in [0.5, 0.6) is 0 Å². The van der Waals surface area contributed by atoms with Crippen molar-refractivity contribution in [3.8, 4) is 17.2 Å². The number of nitrogens with zero attached hydrogens (tertiary/aromatic N) is 5. The molecule has 170 valence electrons. The van der Waals surface area contributed by atoms with E-state index in [0.717, 1.165) is 18.5 Å². The molecule has 2 aromatic heterocycles. The summed E-state index contributed by atoms with van der Waals surface area (Å²) in [6.07, 6.45) is 3.13. The maximum absolute atomic E-state index is 13.0. The molecule has 0 radical (unpaired) electrons. The van der Waals surface area contributed by atoms with E-state index in [2.05, 4.69) is 42.8 Å². The molecule has 0 bridgehead atoms. The van der Waals surface area contributed by atoms with Gasteiger partial charge in [-0.3, -0.25) is 9.36 Å². The summed E-state index contributed by atoms with van der Waals surface area (Å²) in [7, 11) is 1.74. The SMILES string of the molecule is CC(C)CC(N)(CC(C)C)c1nc(-c2ncn3c2CN(C)C(=O)c2c(Cl)cccc2-3)no1. The lowest BCUT2D eigenvalue weighted by molar-refractivity contribution is 0.0788. The highest BCUT2D eigenvalue weighted by Gasteiger charge is 2.36. The molecule has 2 N–H and O–H groups in total. The van der Waals surface area contributed by atoms with Gasteiger partial charge in [0.15, 0.2) is 0 Å². The quantitative estimate of drug-likeness (QED) is 0.589. The van der Waals surface area contributed by atoms with Crippen LogP contribution in [0.25, 0.3) is 17.2 Å². The molecule has 1 aliphatic heterocycles. The molecule has 0 saturated heterocycles. The largest absolute Gasteiger partial charge is 0.337 e. The second kappa shape index (κ2) is 8.33. The molecule has 1 amide bonds. The van der Waals surface area contributed by atoms with Crippen molar-refractivity contribution in [1.29, 1.82) is 0 Å². The summed E-state index contributed by atoms with van der Waals surface area (Å²) in [4.78, 5) is 23.8. The van der Waals surface area contributed by atoms with Crippen LogP contribution in [-0.2, 0) is 12.1 Å². The lowest BCUT2D eigenvalue weighted by Crippen LogP contribution is -2.39. The predicted molar refractivity (Wildman–Crippen MR) is 122 cm³/mol. The van der Waals surface area contributed by atoms with E-state index in [1.165, 1.54) is 0 Å². The molecular formula is C23H29ClN6O2. The van der Waals surface area contributed by atoms with E-state index in [9.17, 15) is 4.79 Å². The van der Waals surface area contributed by atoms with E-state index < -0.39 is 5.54 Å². The average Bonchev–Trinajstić information content (AvgIpc) is 3.31. The highest BCUT2D eigenvalue weighted by Crippen LogP contribution is 2.35. The summed E-state index contributed by atoms with van der Waals surface area (Å²) in [6.45, 7) is 8.84. The van der Waals surface area contributed by atoms with Crippen LogP contribution in [0, 0.1) is 11.8 Å². The number of hydrogen-bond donors (Lipinski definition) is 1. The van der Waals surface area contributed by atoms with Gasteiger partial charge in [-0.2, -0.15) is 4.98 Å². The van der Waals surface area contributed by atoms with E-state index in [0.29, 0.717) is 52.1 Å². The number of amides is 1. The first-order chi connectivity index (χ1) is 15.1. The van der Waals surface area contributed by atoms with Crippen molar-refractivity contribution >= 4 is 17.5 Å². The standard InChI is InChI=1S/C23H29ClN6O2/c1-13(2)9-23(25,10-14(3)4)22-27-20(28-32-22)19-17-11-29(5)21(31)18-15(24)7-6-8-16(18)30(17)12-26-19/h6-8,12-14H,9-11,25H2,1-5H3. The minimum Gasteiger partial charge on any atom is -0.337 e. The van der Waals surface area contributed by atoms with Crippen LogP contribution in [0.4, 0.5) is 0 Å². The van der Waals surface area contributed by atoms with Crippen molar-refractivity contribution in [3.63, 3.8) is 0 Å². The molecule has 3 aromatic rings. The Morgan fingerprint density at radius 3 is 2.56 bits per heavy atom. The Kier molecular flexibility index (Phi) is 5.85. The molecule has 1 aliphatic rings. The van der Waals surface area contributed by atoms with E-state index in [1.54, 1.807) is 24.3 Å². The van der Waals surface area contributed by atoms with E-state index in [4.69, 9.17) is 21.9 Å². The summed E-state index contributed by atoms with van der Waals surface area (Å²) in [6, 6.07) is 5.38. The fourth-order valence-corrected chi connectivity index (χ4v) is 4.82. The van der Waals surface area contributed by atoms with E-state index >= 15 is 0 Å². The number of rotatable bonds is 6. The zero-order valence-corrected chi connectivity index (χ0v) is 19.8. The summed E-state index contributed by atoms with van der Waals surface area (Å²) < 4.78 is 7.54. The van der Waals surface area contributed by atoms with Gasteiger partial charge < -0.3 is 15.2 Å². The van der Waals surface area contributed by atoms with Gasteiger partial charge in [-0.1, -0.05) is 50.5 Å². The van der Waals surface area contributed by atoms with E-state index in [-0.39, 0.29) is 5.91 Å². The molecule has 0 atom stereocenters. The summed E-state index contributed by atoms with van der Waals surface area (Å²) in [5, 5.41) is 4.63. The molecule has 1 aromatic carbocycles. The molecule has 0 aliphatic carbocycles. The van der Waals surface area contributed by atoms with Gasteiger partial charge in [-0.15, -0.1) is 0 Å². The van der Waals surface area contributed by atoms with Crippen LogP contribution in [0.2, 0.25) is 5.02 Å². The van der Waals surface area contributed by atoms with Crippen molar-refractivity contribution in [1.82, 2.24) is 24.6 Å². The van der Waals surface area contributed by atoms with Crippen LogP contribution in [0.1, 0.15) is 62.5 Å². The average molecular weight is 457 g/mol. The first-order valence-electron chi connectivity index (χ1n) is 10.8. The second-order valence-electron chi connectivity index (χ2n) is 9.48. The third-order valence-electron chi connectivity index (χ3n) is 5.67. The van der Waals surface area contributed by atoms with Gasteiger partial charge in [-0.25, -0.2) is 4.98 Å². The topological polar surface area (TPSA) is 103 Å². The maximum atomic E-state index is 13.0. The van der Waals surface area contributed by atoms with Gasteiger partial charge in [0.25, 0.3) is 5.91 Å². The number of benzene rings is 1. The predicted octanol–water partition coefficient (Wildman–Crippen LogP) is 4.41. The van der Waals surface area contributed by atoms with Crippen molar-refractivity contribution in [2.75, 3.05) is 7.05 Å². The molecule has 9 heteroatoms. The molecule has 8 nitrogen and oxygen atoms in total. The van der Waals surface area contributed by atoms with Gasteiger partial charge in [-0.05, 0) is 36.8 Å². The Hall–Kier alpha value is -2.71. The molecular weight excluding hydrogens is 428 g/mol. The minimum atomic E-state index is -0.711. The normalized spacial score (nSPS) is 14.2. The van der Waals surface area contributed by atoms with Gasteiger partial charge in [0.05, 0.1) is 34.1 Å². The van der Waals surface area contributed by atoms with Crippen LogP contribution >= 0.6 is 11.6 Å². The molecule has 4 rings (SSSR count). The van der Waals surface area contributed by atoms with Crippen molar-refractivity contribution in [2.45, 2.75) is 52.6 Å². The molecule has 32 heavy (non-hydrogen) atoms. The number of halogens is 1. The summed E-state index contributed by atoms with van der Waals surface area (Å²) in [5.41, 5.74) is 8.54. The highest BCUT2D eigenvalue weighted by molar-refractivity contribution is 6.34. The zero-order valence-electron chi connectivity index (χ0n) is 19.1. The number of fused-ring (bicyclic) bond motifs is 3. The summed E-state index contributed by atoms with van der Waals surface area (Å²) >= 11 is 6.37. The molecule has 0 fully saturated rings. The Morgan fingerprint density at radius 2 is 1.91 bits per heavy atom. The van der Waals surface area contributed by atoms with Gasteiger partial charge in [0.2, 0.25) is 11.7 Å². The first-order valence-corrected chi connectivity index (χ1v) is 11.2. The second-order valence-corrected chi connectivity index (χ2v) is 9.89. The number of aromatic nitrogens is 4. The van der Waals surface area contributed by atoms with Crippen molar-refractivity contribution in [3.05, 3.63) is 46.7 Å². The van der Waals surface area contributed by atoms with Crippen molar-refractivity contribution < 1.29 is 9.32 Å². The smallest absolute Gasteiger partial charge is 0.257 e. The lowest BCUT2D eigenvalue weighted by Gasteiger charge is -2.29. The fraction of sp³-hybridized carbons (Fsp3) is 0.478. The number of imidazole rings is 1. The maximum Gasteiger partial charge on any atom is 0.257 e. The molecule has 0 saturated carbocycles. The zero-order chi connectivity index (χ0) is 23.2. The van der Waals surface area contributed by atoms with Crippen LogP contribution in [0.15, 0.2) is 29.0 Å². The number of nitrogens with two attached hydrogens (primary N) is 1. The minimum absolute atomic E-state index is 0.149. The van der Waals surface area contributed by atoms with Crippen LogP contribution in [0.3, 0.4) is 0 Å². The number of carbonyl (C=O) groups is 1. The van der Waals surface area contributed by atoms with Crippen molar-refractivity contribution in [2.24, 2.45) is 17.6 Å². The van der Waals surface area contributed by atoms with Crippen LogP contribution in [-0.4, -0.2) is 37.5 Å². The third-order valence-corrected chi connectivity index (χ3v) is 5.99. The van der Waals surface area contributed by atoms with Gasteiger partial charge in [0.1, 0.15) is 12.0 Å². The van der Waals surface area contributed by atoms with E-state index in [1.807, 2.05) is 16.7 Å². The lowest BCUT2D eigenvalue weighted by atomic mass is 9.82. The molecule has 0 spiro atoms. The Bertz CT molecular complexity index is 1140. The summed E-state index contributed by atoms with van der Waals surface area (Å²) in [5.74, 6) is 1.38. The van der Waals surface area contributed by atoms with Gasteiger partial charge in [0, 0.05) is 7.05 Å². The molecule has 3 heterocycles. The van der Waals surface area contributed by atoms with Gasteiger partial charge >= 0.3 is 0 Å². The first kappa shape index (κ1) is 22.5. The monoisotopic (exact) mass is 456 g/mol. The van der Waals surface area contributed by atoms with Crippen LogP contribution < -0.4 is 5.73 Å².